The van der Waals surface area contributed by atoms with Gasteiger partial charge in [-0.1, -0.05) is 31.7 Å². The van der Waals surface area contributed by atoms with E-state index in [0.29, 0.717) is 0 Å². The van der Waals surface area contributed by atoms with E-state index < -0.39 is 5.54 Å². The molecule has 3 rings (SSSR count). The summed E-state index contributed by atoms with van der Waals surface area (Å²) in [5.74, 6) is -0.0296. The molecule has 1 amide bonds. The molecule has 24 heavy (non-hydrogen) atoms. The Morgan fingerprint density at radius 1 is 1.00 bits per heavy atom. The van der Waals surface area contributed by atoms with Gasteiger partial charge in [0.05, 0.1) is 5.54 Å². The van der Waals surface area contributed by atoms with Gasteiger partial charge in [-0.3, -0.25) is 4.79 Å². The molecular formula is C18H29Cl2N3O. The number of amides is 1. The van der Waals surface area contributed by atoms with E-state index in [1.54, 1.807) is 0 Å². The molecular weight excluding hydrogens is 345 g/mol. The average Bonchev–Trinajstić information content (AvgIpc) is 2.81. The van der Waals surface area contributed by atoms with Crippen LogP contribution in [0.5, 0.6) is 0 Å². The Hall–Kier alpha value is -0.970. The highest BCUT2D eigenvalue weighted by Crippen LogP contribution is 2.29. The standard InChI is InChI=1S/C18H27N3O.2ClH/c19-18(10-3-4-11-18)17(22)20-15-8-7-9-16(14-15)21-12-5-1-2-6-13-21;;/h7-9,14H,1-6,10-13,19H2,(H,20,22);2*1H. The number of anilines is 2. The van der Waals surface area contributed by atoms with Crippen LogP contribution in [-0.4, -0.2) is 24.5 Å². The molecule has 2 aliphatic rings. The number of carbonyl (C=O) groups excluding carboxylic acids is 1. The second-order valence-electron chi connectivity index (χ2n) is 6.77. The van der Waals surface area contributed by atoms with Gasteiger partial charge in [0.2, 0.25) is 5.91 Å². The first-order chi connectivity index (χ1) is 10.7. The maximum absolute atomic E-state index is 12.4. The van der Waals surface area contributed by atoms with E-state index >= 15 is 0 Å². The molecule has 1 aromatic rings. The predicted octanol–water partition coefficient (Wildman–Crippen LogP) is 4.12. The fourth-order valence-electron chi connectivity index (χ4n) is 3.60. The zero-order valence-electron chi connectivity index (χ0n) is 14.1. The number of hydrogen-bond donors (Lipinski definition) is 2. The van der Waals surface area contributed by atoms with Gasteiger partial charge in [0.25, 0.3) is 0 Å². The summed E-state index contributed by atoms with van der Waals surface area (Å²) in [6, 6.07) is 8.20. The number of nitrogens with zero attached hydrogens (tertiary/aromatic N) is 1. The predicted molar refractivity (Wildman–Crippen MR) is 106 cm³/mol. The largest absolute Gasteiger partial charge is 0.371 e. The van der Waals surface area contributed by atoms with Crippen LogP contribution in [0.2, 0.25) is 0 Å². The molecule has 4 nitrogen and oxygen atoms in total. The molecule has 1 saturated heterocycles. The highest BCUT2D eigenvalue weighted by atomic mass is 35.5. The van der Waals surface area contributed by atoms with Crippen molar-refractivity contribution in [2.75, 3.05) is 23.3 Å². The topological polar surface area (TPSA) is 58.4 Å². The van der Waals surface area contributed by atoms with Gasteiger partial charge < -0.3 is 16.0 Å². The summed E-state index contributed by atoms with van der Waals surface area (Å²) in [6.45, 7) is 2.22. The van der Waals surface area contributed by atoms with Crippen LogP contribution in [0.4, 0.5) is 11.4 Å². The number of nitrogens with two attached hydrogens (primary N) is 1. The van der Waals surface area contributed by atoms with Crippen LogP contribution in [0.3, 0.4) is 0 Å². The third kappa shape index (κ3) is 5.01. The zero-order chi connectivity index (χ0) is 15.4. The van der Waals surface area contributed by atoms with Crippen LogP contribution >= 0.6 is 24.8 Å². The van der Waals surface area contributed by atoms with Crippen LogP contribution in [-0.2, 0) is 4.79 Å². The van der Waals surface area contributed by atoms with Crippen molar-refractivity contribution in [2.45, 2.75) is 56.9 Å². The molecule has 1 aliphatic carbocycles. The third-order valence-corrected chi connectivity index (χ3v) is 5.02. The molecule has 0 spiro atoms. The highest BCUT2D eigenvalue weighted by molar-refractivity contribution is 5.98. The number of halogens is 2. The average molecular weight is 374 g/mol. The fraction of sp³-hybridized carbons (Fsp3) is 0.611. The molecule has 3 N–H and O–H groups in total. The molecule has 0 unspecified atom stereocenters. The number of nitrogens with one attached hydrogen (secondary N) is 1. The quantitative estimate of drug-likeness (QED) is 0.837. The Morgan fingerprint density at radius 3 is 2.25 bits per heavy atom. The van der Waals surface area contributed by atoms with Crippen molar-refractivity contribution in [1.82, 2.24) is 0 Å². The van der Waals surface area contributed by atoms with E-state index in [1.807, 2.05) is 12.1 Å². The highest BCUT2D eigenvalue weighted by Gasteiger charge is 2.36. The first-order valence-electron chi connectivity index (χ1n) is 8.63. The van der Waals surface area contributed by atoms with E-state index in [0.717, 1.165) is 44.5 Å². The van der Waals surface area contributed by atoms with Gasteiger partial charge in [0.1, 0.15) is 0 Å². The van der Waals surface area contributed by atoms with Crippen LogP contribution < -0.4 is 16.0 Å². The molecule has 6 heteroatoms. The van der Waals surface area contributed by atoms with E-state index in [2.05, 4.69) is 22.3 Å². The lowest BCUT2D eigenvalue weighted by atomic mass is 9.98. The van der Waals surface area contributed by atoms with Gasteiger partial charge >= 0.3 is 0 Å². The van der Waals surface area contributed by atoms with Crippen LogP contribution in [0.1, 0.15) is 51.4 Å². The minimum absolute atomic E-state index is 0. The summed E-state index contributed by atoms with van der Waals surface area (Å²) < 4.78 is 0. The first kappa shape index (κ1) is 21.1. The van der Waals surface area contributed by atoms with Crippen molar-refractivity contribution in [2.24, 2.45) is 5.73 Å². The summed E-state index contributed by atoms with van der Waals surface area (Å²) in [5.41, 5.74) is 7.63. The van der Waals surface area contributed by atoms with Gasteiger partial charge in [-0.05, 0) is 43.9 Å². The smallest absolute Gasteiger partial charge is 0.244 e. The molecule has 2 fully saturated rings. The van der Waals surface area contributed by atoms with Crippen molar-refractivity contribution >= 4 is 42.1 Å². The zero-order valence-corrected chi connectivity index (χ0v) is 15.8. The Bertz CT molecular complexity index is 525. The second-order valence-corrected chi connectivity index (χ2v) is 6.77. The minimum atomic E-state index is -0.668. The minimum Gasteiger partial charge on any atom is -0.371 e. The summed E-state index contributed by atoms with van der Waals surface area (Å²) in [5, 5.41) is 3.03. The van der Waals surface area contributed by atoms with Crippen molar-refractivity contribution < 1.29 is 4.79 Å². The van der Waals surface area contributed by atoms with Gasteiger partial charge in [-0.25, -0.2) is 0 Å². The third-order valence-electron chi connectivity index (χ3n) is 5.02. The van der Waals surface area contributed by atoms with Crippen molar-refractivity contribution in [3.63, 3.8) is 0 Å². The molecule has 1 heterocycles. The number of benzene rings is 1. The summed E-state index contributed by atoms with van der Waals surface area (Å²) in [6.07, 6.45) is 8.85. The van der Waals surface area contributed by atoms with Crippen molar-refractivity contribution in [3.05, 3.63) is 24.3 Å². The van der Waals surface area contributed by atoms with Crippen LogP contribution in [0, 0.1) is 0 Å². The lowest BCUT2D eigenvalue weighted by Crippen LogP contribution is -2.48. The lowest BCUT2D eigenvalue weighted by Gasteiger charge is -2.25. The molecule has 1 aliphatic heterocycles. The van der Waals surface area contributed by atoms with E-state index in [1.165, 1.54) is 31.4 Å². The second kappa shape index (κ2) is 9.50. The van der Waals surface area contributed by atoms with Gasteiger partial charge in [-0.2, -0.15) is 0 Å². The fourth-order valence-corrected chi connectivity index (χ4v) is 3.60. The van der Waals surface area contributed by atoms with Crippen LogP contribution in [0.25, 0.3) is 0 Å². The SMILES string of the molecule is Cl.Cl.NC1(C(=O)Nc2cccc(N3CCCCCC3)c2)CCCC1. The Morgan fingerprint density at radius 2 is 1.62 bits per heavy atom. The van der Waals surface area contributed by atoms with Gasteiger partial charge in [0, 0.05) is 24.5 Å². The van der Waals surface area contributed by atoms with E-state index in [-0.39, 0.29) is 30.7 Å². The van der Waals surface area contributed by atoms with Crippen LogP contribution in [0.15, 0.2) is 24.3 Å². The van der Waals surface area contributed by atoms with Crippen molar-refractivity contribution in [3.8, 4) is 0 Å². The molecule has 1 saturated carbocycles. The maximum Gasteiger partial charge on any atom is 0.244 e. The Labute approximate surface area is 157 Å². The Kier molecular flexibility index (Phi) is 8.34. The molecule has 1 aromatic carbocycles. The normalized spacial score (nSPS) is 19.6. The number of carbonyl (C=O) groups is 1. The van der Waals surface area contributed by atoms with Gasteiger partial charge in [-0.15, -0.1) is 24.8 Å². The van der Waals surface area contributed by atoms with E-state index in [4.69, 9.17) is 5.73 Å². The molecule has 0 bridgehead atoms. The van der Waals surface area contributed by atoms with Gasteiger partial charge in [0.15, 0.2) is 0 Å². The number of rotatable bonds is 3. The summed E-state index contributed by atoms with van der Waals surface area (Å²) in [7, 11) is 0. The summed E-state index contributed by atoms with van der Waals surface area (Å²) >= 11 is 0. The monoisotopic (exact) mass is 373 g/mol. The summed E-state index contributed by atoms with van der Waals surface area (Å²) in [4.78, 5) is 14.9. The molecule has 0 atom stereocenters. The molecule has 0 radical (unpaired) electrons. The van der Waals surface area contributed by atoms with Crippen molar-refractivity contribution in [1.29, 1.82) is 0 Å². The van der Waals surface area contributed by atoms with E-state index in [9.17, 15) is 4.79 Å². The Balaban J connectivity index is 0.00000144. The number of hydrogen-bond acceptors (Lipinski definition) is 3. The molecule has 136 valence electrons. The maximum atomic E-state index is 12.4. The first-order valence-corrected chi connectivity index (χ1v) is 8.63. The lowest BCUT2D eigenvalue weighted by molar-refractivity contribution is -0.121. The molecule has 0 aromatic heterocycles.